The fourth-order valence-corrected chi connectivity index (χ4v) is 3.01. The highest BCUT2D eigenvalue weighted by Crippen LogP contribution is 2.29. The van der Waals surface area contributed by atoms with Crippen molar-refractivity contribution in [3.63, 3.8) is 0 Å². The summed E-state index contributed by atoms with van der Waals surface area (Å²) in [5.41, 5.74) is 1.52. The van der Waals surface area contributed by atoms with Crippen LogP contribution in [0.25, 0.3) is 11.1 Å². The molecule has 1 aliphatic rings. The molecule has 2 aromatic heterocycles. The van der Waals surface area contributed by atoms with E-state index in [1.54, 1.807) is 48.4 Å². The molecular weight excluding hydrogens is 363 g/mol. The van der Waals surface area contributed by atoms with E-state index in [9.17, 15) is 9.18 Å². The zero-order chi connectivity index (χ0) is 19.7. The smallest absolute Gasteiger partial charge is 0.414 e. The summed E-state index contributed by atoms with van der Waals surface area (Å²) in [6.45, 7) is 2.37. The van der Waals surface area contributed by atoms with Gasteiger partial charge in [0.05, 0.1) is 18.4 Å². The number of nitrogens with zero attached hydrogens (tertiary/aromatic N) is 5. The lowest BCUT2D eigenvalue weighted by atomic mass is 10.1. The van der Waals surface area contributed by atoms with E-state index >= 15 is 0 Å². The Morgan fingerprint density at radius 3 is 2.75 bits per heavy atom. The van der Waals surface area contributed by atoms with E-state index in [0.717, 1.165) is 6.42 Å². The molecule has 3 heterocycles. The number of pyridine rings is 1. The molecule has 0 saturated carbocycles. The summed E-state index contributed by atoms with van der Waals surface area (Å²) in [6, 6.07) is 8.20. The highest BCUT2D eigenvalue weighted by Gasteiger charge is 2.31. The van der Waals surface area contributed by atoms with Gasteiger partial charge >= 0.3 is 6.09 Å². The molecule has 4 rings (SSSR count). The van der Waals surface area contributed by atoms with Crippen LogP contribution in [0, 0.1) is 5.82 Å². The second-order valence-electron chi connectivity index (χ2n) is 6.52. The number of amides is 1. The predicted molar refractivity (Wildman–Crippen MR) is 102 cm³/mol. The molecule has 28 heavy (non-hydrogen) atoms. The third-order valence-corrected chi connectivity index (χ3v) is 4.53. The number of aryl methyl sites for hydroxylation is 1. The lowest BCUT2D eigenvalue weighted by Gasteiger charge is -2.14. The maximum atomic E-state index is 14.7. The molecule has 0 aliphatic carbocycles. The Balaban J connectivity index is 1.52. The standard InChI is InChI=1S/C19H19FN6O2/c1-3-14-10-26(19(27)28-14)13-5-6-15(16(20)8-13)12-4-7-17(21-9-12)22-18-11-25(2)24-23-18/h4-9,11,14H,3,10H2,1-2H3,(H,21,22)/t14-/m0/s1. The molecule has 1 amide bonds. The third kappa shape index (κ3) is 3.51. The van der Waals surface area contributed by atoms with E-state index in [2.05, 4.69) is 20.6 Å². The average molecular weight is 382 g/mol. The fourth-order valence-electron chi connectivity index (χ4n) is 3.01. The van der Waals surface area contributed by atoms with Crippen molar-refractivity contribution >= 4 is 23.4 Å². The van der Waals surface area contributed by atoms with Crippen LogP contribution in [-0.4, -0.2) is 38.7 Å². The number of halogens is 1. The van der Waals surface area contributed by atoms with Crippen molar-refractivity contribution in [1.29, 1.82) is 0 Å². The lowest BCUT2D eigenvalue weighted by Crippen LogP contribution is -2.24. The molecule has 8 nitrogen and oxygen atoms in total. The molecule has 3 aromatic rings. The van der Waals surface area contributed by atoms with E-state index in [4.69, 9.17) is 4.74 Å². The number of aromatic nitrogens is 4. The van der Waals surface area contributed by atoms with Crippen LogP contribution in [0.4, 0.5) is 26.5 Å². The van der Waals surface area contributed by atoms with Crippen molar-refractivity contribution < 1.29 is 13.9 Å². The molecule has 1 N–H and O–H groups in total. The summed E-state index contributed by atoms with van der Waals surface area (Å²) in [6.07, 6.45) is 3.42. The number of rotatable bonds is 5. The molecule has 0 bridgehead atoms. The minimum Gasteiger partial charge on any atom is -0.444 e. The molecule has 1 saturated heterocycles. The van der Waals surface area contributed by atoms with E-state index in [-0.39, 0.29) is 6.10 Å². The lowest BCUT2D eigenvalue weighted by molar-refractivity contribution is 0.139. The second-order valence-corrected chi connectivity index (χ2v) is 6.52. The van der Waals surface area contributed by atoms with Crippen LogP contribution in [0.3, 0.4) is 0 Å². The van der Waals surface area contributed by atoms with Crippen LogP contribution in [0.2, 0.25) is 0 Å². The fraction of sp³-hybridized carbons (Fsp3) is 0.263. The van der Waals surface area contributed by atoms with Gasteiger partial charge < -0.3 is 10.1 Å². The summed E-state index contributed by atoms with van der Waals surface area (Å²) in [4.78, 5) is 17.7. The summed E-state index contributed by atoms with van der Waals surface area (Å²) in [5, 5.41) is 10.8. The van der Waals surface area contributed by atoms with E-state index < -0.39 is 11.9 Å². The van der Waals surface area contributed by atoms with Gasteiger partial charge in [-0.1, -0.05) is 12.1 Å². The van der Waals surface area contributed by atoms with Gasteiger partial charge in [0.25, 0.3) is 0 Å². The van der Waals surface area contributed by atoms with E-state index in [1.807, 2.05) is 6.92 Å². The first-order valence-electron chi connectivity index (χ1n) is 8.91. The van der Waals surface area contributed by atoms with Gasteiger partial charge in [0.1, 0.15) is 17.7 Å². The SMILES string of the molecule is CC[C@H]1CN(c2ccc(-c3ccc(Nc4cn(C)nn4)nc3)c(F)c2)C(=O)O1. The first-order chi connectivity index (χ1) is 13.5. The maximum Gasteiger partial charge on any atom is 0.414 e. The van der Waals surface area contributed by atoms with Gasteiger partial charge in [0, 0.05) is 24.4 Å². The minimum atomic E-state index is -0.444. The highest BCUT2D eigenvalue weighted by atomic mass is 19.1. The quantitative estimate of drug-likeness (QED) is 0.727. The minimum absolute atomic E-state index is 0.159. The van der Waals surface area contributed by atoms with Crippen molar-refractivity contribution in [3.05, 3.63) is 48.5 Å². The molecule has 144 valence electrons. The number of benzene rings is 1. The molecule has 0 unspecified atom stereocenters. The van der Waals surface area contributed by atoms with Gasteiger partial charge in [-0.15, -0.1) is 5.10 Å². The predicted octanol–water partition coefficient (Wildman–Crippen LogP) is 3.50. The number of hydrogen-bond acceptors (Lipinski definition) is 6. The van der Waals surface area contributed by atoms with Gasteiger partial charge in [0.15, 0.2) is 5.82 Å². The number of nitrogens with one attached hydrogen (secondary N) is 1. The Labute approximate surface area is 160 Å². The first kappa shape index (κ1) is 17.9. The summed E-state index contributed by atoms with van der Waals surface area (Å²) in [7, 11) is 1.77. The molecular formula is C19H19FN6O2. The van der Waals surface area contributed by atoms with E-state index in [0.29, 0.717) is 35.0 Å². The van der Waals surface area contributed by atoms with Crippen molar-refractivity contribution in [2.75, 3.05) is 16.8 Å². The van der Waals surface area contributed by atoms with Crippen molar-refractivity contribution in [2.24, 2.45) is 7.05 Å². The van der Waals surface area contributed by atoms with Gasteiger partial charge in [0.2, 0.25) is 0 Å². The number of hydrogen-bond donors (Lipinski definition) is 1. The van der Waals surface area contributed by atoms with Crippen LogP contribution in [0.15, 0.2) is 42.7 Å². The van der Waals surface area contributed by atoms with Crippen molar-refractivity contribution in [3.8, 4) is 11.1 Å². The molecule has 1 aromatic carbocycles. The molecule has 1 atom stereocenters. The van der Waals surface area contributed by atoms with Crippen LogP contribution in [0.5, 0.6) is 0 Å². The molecule has 9 heteroatoms. The summed E-state index contributed by atoms with van der Waals surface area (Å²) in [5.74, 6) is 0.717. The Kier molecular flexibility index (Phi) is 4.64. The largest absolute Gasteiger partial charge is 0.444 e. The summed E-state index contributed by atoms with van der Waals surface area (Å²) < 4.78 is 21.5. The van der Waals surface area contributed by atoms with Crippen LogP contribution < -0.4 is 10.2 Å². The number of anilines is 3. The average Bonchev–Trinajstić information content (AvgIpc) is 3.27. The third-order valence-electron chi connectivity index (χ3n) is 4.53. The topological polar surface area (TPSA) is 85.2 Å². The van der Waals surface area contributed by atoms with Crippen LogP contribution >= 0.6 is 0 Å². The number of carbonyl (C=O) groups excluding carboxylic acids is 1. The van der Waals surface area contributed by atoms with Gasteiger partial charge in [-0.05, 0) is 36.8 Å². The van der Waals surface area contributed by atoms with Gasteiger partial charge in [-0.3, -0.25) is 9.58 Å². The highest BCUT2D eigenvalue weighted by molar-refractivity contribution is 5.90. The van der Waals surface area contributed by atoms with Crippen LogP contribution in [0.1, 0.15) is 13.3 Å². The maximum absolute atomic E-state index is 14.7. The number of cyclic esters (lactones) is 1. The monoisotopic (exact) mass is 382 g/mol. The van der Waals surface area contributed by atoms with Crippen LogP contribution in [-0.2, 0) is 11.8 Å². The first-order valence-corrected chi connectivity index (χ1v) is 8.91. The normalized spacial score (nSPS) is 16.3. The second kappa shape index (κ2) is 7.26. The van der Waals surface area contributed by atoms with Crippen molar-refractivity contribution in [2.45, 2.75) is 19.4 Å². The zero-order valence-electron chi connectivity index (χ0n) is 15.5. The molecule has 0 radical (unpaired) electrons. The Bertz CT molecular complexity index is 1000. The Morgan fingerprint density at radius 1 is 1.29 bits per heavy atom. The zero-order valence-corrected chi connectivity index (χ0v) is 15.5. The Hall–Kier alpha value is -3.49. The number of carbonyl (C=O) groups is 1. The molecule has 0 spiro atoms. The van der Waals surface area contributed by atoms with Crippen molar-refractivity contribution in [1.82, 2.24) is 20.0 Å². The van der Waals surface area contributed by atoms with Gasteiger partial charge in [-0.25, -0.2) is 14.2 Å². The number of ether oxygens (including phenoxy) is 1. The van der Waals surface area contributed by atoms with Gasteiger partial charge in [-0.2, -0.15) is 0 Å². The molecule has 1 fully saturated rings. The molecule has 1 aliphatic heterocycles. The Morgan fingerprint density at radius 2 is 2.14 bits per heavy atom. The summed E-state index contributed by atoms with van der Waals surface area (Å²) >= 11 is 0. The van der Waals surface area contributed by atoms with E-state index in [1.165, 1.54) is 11.0 Å².